The van der Waals surface area contributed by atoms with E-state index in [4.69, 9.17) is 35.0 Å². The molecule has 264 valence electrons. The lowest BCUT2D eigenvalue weighted by Gasteiger charge is -2.31. The Balaban J connectivity index is 1.47. The standard InChI is InChI=1S/C25H36F2N12O7S2/c1-5-13-14(26)23(38-11-34-16(21(38)30)19(28)31-6-2)43-8-7-36-47(4,40)46-18-15(27)24(44-25(18,3)9-37-48(41,42)45-13)39-12-35-17-20(29)32-10-33-22(17)39/h6,10-15,18,23-24,37H,2,4-5,7-9,30H2,1,3H3,(H2,28,31)(H,36,40)(H2,29,32,33)/t13-,14-,15-,18+,23?,24-,25?,47?/m1/s1. The second kappa shape index (κ2) is 13.6. The van der Waals surface area contributed by atoms with Crippen molar-refractivity contribution in [2.75, 3.05) is 31.2 Å². The lowest BCUT2D eigenvalue weighted by molar-refractivity contribution is -0.0839. The first kappa shape index (κ1) is 35.5. The van der Waals surface area contributed by atoms with Crippen LogP contribution in [0, 0.1) is 0 Å². The Morgan fingerprint density at radius 2 is 1.85 bits per heavy atom. The third kappa shape index (κ3) is 6.98. The van der Waals surface area contributed by atoms with Crippen molar-refractivity contribution in [1.82, 2.24) is 38.5 Å². The molecule has 3 aromatic heterocycles. The molecule has 0 saturated carbocycles. The molecule has 23 heteroatoms. The van der Waals surface area contributed by atoms with Crippen molar-refractivity contribution in [3.05, 3.63) is 37.5 Å². The number of nitrogen functional groups attached to an aromatic ring is 2. The Kier molecular flexibility index (Phi) is 10.0. The summed E-state index contributed by atoms with van der Waals surface area (Å²) in [4.78, 5) is 20.0. The molecule has 0 bridgehead atoms. The topological polar surface area (TPSA) is 264 Å². The van der Waals surface area contributed by atoms with Crippen molar-refractivity contribution in [2.45, 2.75) is 62.9 Å². The first-order valence-corrected chi connectivity index (χ1v) is 17.4. The van der Waals surface area contributed by atoms with Gasteiger partial charge in [-0.05, 0) is 19.2 Å². The van der Waals surface area contributed by atoms with Crippen LogP contribution in [0.5, 0.6) is 0 Å². The number of alkyl halides is 2. The van der Waals surface area contributed by atoms with Crippen molar-refractivity contribution in [1.29, 1.82) is 0 Å². The SMILES string of the molecule is C=CN=C(N)c1ncn(C2OCCNS(=C)(=O)O[C@H]3[C@@H](F)[C@H](n4cnc5c(N)ncnc54)OC3(C)CNS(=O)(=O)O[C@H](CC)[C@H]2F)c1N. The van der Waals surface area contributed by atoms with Gasteiger partial charge in [0.2, 0.25) is 0 Å². The van der Waals surface area contributed by atoms with E-state index in [9.17, 15) is 12.6 Å². The first-order valence-electron chi connectivity index (χ1n) is 14.4. The average Bonchev–Trinajstić information content (AvgIpc) is 3.70. The van der Waals surface area contributed by atoms with E-state index in [2.05, 4.69) is 46.8 Å². The molecule has 2 fully saturated rings. The van der Waals surface area contributed by atoms with Gasteiger partial charge in [0, 0.05) is 19.3 Å². The zero-order chi connectivity index (χ0) is 35.0. The van der Waals surface area contributed by atoms with Gasteiger partial charge in [-0.15, -0.1) is 0 Å². The molecule has 8 atom stereocenters. The Labute approximate surface area is 274 Å². The molecule has 48 heavy (non-hydrogen) atoms. The lowest BCUT2D eigenvalue weighted by atomic mass is 9.98. The molecule has 8 N–H and O–H groups in total. The highest BCUT2D eigenvalue weighted by Crippen LogP contribution is 2.42. The molecule has 0 spiro atoms. The fraction of sp³-hybridized carbons (Fsp3) is 0.520. The summed E-state index contributed by atoms with van der Waals surface area (Å²) in [5, 5.41) is 0. The minimum Gasteiger partial charge on any atom is -0.383 e. The number of imidazole rings is 2. The highest BCUT2D eigenvalue weighted by Gasteiger charge is 2.56. The number of hydrogen-bond acceptors (Lipinski definition) is 14. The van der Waals surface area contributed by atoms with Crippen LogP contribution in [0.2, 0.25) is 0 Å². The van der Waals surface area contributed by atoms with Gasteiger partial charge in [-0.2, -0.15) is 13.1 Å². The molecule has 5 rings (SSSR count). The maximum Gasteiger partial charge on any atom is 0.336 e. The van der Waals surface area contributed by atoms with Crippen LogP contribution >= 0.6 is 0 Å². The molecular formula is C25H36F2N12O7S2. The largest absolute Gasteiger partial charge is 0.383 e. The number of aromatic nitrogens is 6. The van der Waals surface area contributed by atoms with Crippen LogP contribution in [0.25, 0.3) is 11.2 Å². The molecule has 0 amide bonds. The van der Waals surface area contributed by atoms with Crippen LogP contribution in [0.3, 0.4) is 0 Å². The molecule has 2 aliphatic heterocycles. The monoisotopic (exact) mass is 718 g/mol. The van der Waals surface area contributed by atoms with E-state index in [1.807, 2.05) is 0 Å². The van der Waals surface area contributed by atoms with Crippen molar-refractivity contribution < 1.29 is 39.2 Å². The molecule has 5 heterocycles. The van der Waals surface area contributed by atoms with Crippen molar-refractivity contribution in [3.8, 4) is 0 Å². The second-order valence-electron chi connectivity index (χ2n) is 11.0. The smallest absolute Gasteiger partial charge is 0.336 e. The van der Waals surface area contributed by atoms with E-state index in [0.29, 0.717) is 0 Å². The highest BCUT2D eigenvalue weighted by molar-refractivity contribution is 7.94. The van der Waals surface area contributed by atoms with Gasteiger partial charge in [0.05, 0.1) is 19.3 Å². The molecule has 0 aromatic carbocycles. The number of ether oxygens (including phenoxy) is 2. The second-order valence-corrected chi connectivity index (χ2v) is 14.1. The van der Waals surface area contributed by atoms with Gasteiger partial charge in [0.25, 0.3) is 0 Å². The van der Waals surface area contributed by atoms with Gasteiger partial charge in [-0.3, -0.25) is 17.5 Å². The predicted molar refractivity (Wildman–Crippen MR) is 171 cm³/mol. The summed E-state index contributed by atoms with van der Waals surface area (Å²) in [5.41, 5.74) is 16.4. The molecule has 0 aliphatic carbocycles. The van der Waals surface area contributed by atoms with E-state index in [1.165, 1.54) is 24.7 Å². The lowest BCUT2D eigenvalue weighted by Crippen LogP contribution is -2.52. The van der Waals surface area contributed by atoms with Gasteiger partial charge in [-0.1, -0.05) is 13.5 Å². The Bertz CT molecular complexity index is 1910. The van der Waals surface area contributed by atoms with Gasteiger partial charge in [0.15, 0.2) is 42.1 Å². The van der Waals surface area contributed by atoms with E-state index in [1.54, 1.807) is 0 Å². The Hall–Kier alpha value is -3.84. The van der Waals surface area contributed by atoms with E-state index in [0.717, 1.165) is 23.4 Å². The van der Waals surface area contributed by atoms with E-state index >= 15 is 8.78 Å². The van der Waals surface area contributed by atoms with Crippen LogP contribution in [-0.4, -0.2) is 103 Å². The van der Waals surface area contributed by atoms with Crippen LogP contribution in [0.4, 0.5) is 20.4 Å². The van der Waals surface area contributed by atoms with Crippen molar-refractivity contribution in [3.63, 3.8) is 0 Å². The Morgan fingerprint density at radius 3 is 2.56 bits per heavy atom. The summed E-state index contributed by atoms with van der Waals surface area (Å²) in [6.45, 7) is 4.99. The summed E-state index contributed by atoms with van der Waals surface area (Å²) < 4.78 is 102. The van der Waals surface area contributed by atoms with Crippen molar-refractivity contribution in [2.24, 2.45) is 10.7 Å². The molecular weight excluding hydrogens is 682 g/mol. The number of rotatable bonds is 5. The van der Waals surface area contributed by atoms with E-state index < -0.39 is 69.4 Å². The predicted octanol–water partition coefficient (Wildman–Crippen LogP) is -0.620. The highest BCUT2D eigenvalue weighted by atomic mass is 32.2. The van der Waals surface area contributed by atoms with Crippen LogP contribution in [-0.2, 0) is 38.1 Å². The number of anilines is 2. The molecule has 0 radical (unpaired) electrons. The summed E-state index contributed by atoms with van der Waals surface area (Å²) in [5.74, 6) is 3.30. The maximum absolute atomic E-state index is 16.3. The molecule has 3 aromatic rings. The summed E-state index contributed by atoms with van der Waals surface area (Å²) >= 11 is 0. The quantitative estimate of drug-likeness (QED) is 0.125. The van der Waals surface area contributed by atoms with E-state index in [-0.39, 0.29) is 53.9 Å². The van der Waals surface area contributed by atoms with Gasteiger partial charge < -0.3 is 26.7 Å². The number of fused-ring (bicyclic) bond motifs is 2. The first-order chi connectivity index (χ1) is 22.6. The zero-order valence-electron chi connectivity index (χ0n) is 25.8. The Morgan fingerprint density at radius 1 is 1.12 bits per heavy atom. The summed E-state index contributed by atoms with van der Waals surface area (Å²) in [6.07, 6.45) is -6.19. The molecule has 2 saturated heterocycles. The average molecular weight is 719 g/mol. The molecule has 2 aliphatic rings. The van der Waals surface area contributed by atoms with Gasteiger partial charge in [-0.25, -0.2) is 42.6 Å². The number of halogens is 2. The number of nitrogens with one attached hydrogen (secondary N) is 2. The normalized spacial score (nSPS) is 33.9. The molecule has 3 unspecified atom stereocenters. The van der Waals surface area contributed by atoms with Crippen LogP contribution < -0.4 is 26.6 Å². The van der Waals surface area contributed by atoms with Gasteiger partial charge >= 0.3 is 10.3 Å². The molecule has 19 nitrogen and oxygen atoms in total. The van der Waals surface area contributed by atoms with Crippen molar-refractivity contribution >= 4 is 54.8 Å². The minimum atomic E-state index is -4.77. The van der Waals surface area contributed by atoms with Crippen LogP contribution in [0.15, 0.2) is 36.8 Å². The third-order valence-electron chi connectivity index (χ3n) is 7.65. The number of nitrogens with zero attached hydrogens (tertiary/aromatic N) is 7. The number of hydrogen-bond donors (Lipinski definition) is 5. The van der Waals surface area contributed by atoms with Gasteiger partial charge in [0.1, 0.15) is 51.2 Å². The third-order valence-corrected chi connectivity index (χ3v) is 9.81. The number of nitrogens with two attached hydrogens (primary N) is 3. The minimum absolute atomic E-state index is 0.00406. The fourth-order valence-electron chi connectivity index (χ4n) is 5.25. The zero-order valence-corrected chi connectivity index (χ0v) is 27.4. The maximum atomic E-state index is 16.3. The summed E-state index contributed by atoms with van der Waals surface area (Å²) in [6, 6.07) is 0. The number of amidine groups is 1. The van der Waals surface area contributed by atoms with Crippen LogP contribution in [0.1, 0.15) is 38.4 Å². The fourth-order valence-corrected chi connectivity index (χ4v) is 7.46. The summed E-state index contributed by atoms with van der Waals surface area (Å²) in [7, 11) is -8.55. The number of aliphatic imine (C=N–C) groups is 1.